The predicted octanol–water partition coefficient (Wildman–Crippen LogP) is 5.04. The first-order valence-electron chi connectivity index (χ1n) is 9.63. The Morgan fingerprint density at radius 1 is 1.14 bits per heavy atom. The molecule has 0 unspecified atom stereocenters. The van der Waals surface area contributed by atoms with Crippen LogP contribution in [0.15, 0.2) is 42.5 Å². The molecule has 28 heavy (non-hydrogen) atoms. The van der Waals surface area contributed by atoms with Crippen molar-refractivity contribution >= 4 is 35.0 Å². The van der Waals surface area contributed by atoms with Crippen LogP contribution >= 0.6 is 11.8 Å². The van der Waals surface area contributed by atoms with Crippen LogP contribution in [-0.4, -0.2) is 17.6 Å². The quantitative estimate of drug-likeness (QED) is 0.785. The standard InChI is InChI=1S/C22H23FN2O2S/c1-14-6-11-18(23)19(12-14)25-20(26)13-28-22(25)16-7-9-17(10-8-16)24-21(27)15-4-2-3-5-15/h6-12,15,22H,2-5,13H2,1H3,(H,24,27)/t22-/m0/s1. The lowest BCUT2D eigenvalue weighted by atomic mass is 10.1. The fourth-order valence-electron chi connectivity index (χ4n) is 3.90. The van der Waals surface area contributed by atoms with Gasteiger partial charge in [0.2, 0.25) is 11.8 Å². The van der Waals surface area contributed by atoms with Gasteiger partial charge in [-0.05, 0) is 55.2 Å². The van der Waals surface area contributed by atoms with E-state index >= 15 is 0 Å². The minimum atomic E-state index is -0.396. The van der Waals surface area contributed by atoms with E-state index in [0.717, 1.165) is 42.5 Å². The third kappa shape index (κ3) is 3.78. The monoisotopic (exact) mass is 398 g/mol. The molecule has 0 spiro atoms. The number of benzene rings is 2. The summed E-state index contributed by atoms with van der Waals surface area (Å²) in [6.07, 6.45) is 4.16. The third-order valence-electron chi connectivity index (χ3n) is 5.42. The van der Waals surface area contributed by atoms with E-state index in [1.54, 1.807) is 17.0 Å². The molecule has 0 aromatic heterocycles. The Bertz CT molecular complexity index is 894. The lowest BCUT2D eigenvalue weighted by Crippen LogP contribution is -2.28. The van der Waals surface area contributed by atoms with Gasteiger partial charge >= 0.3 is 0 Å². The maximum atomic E-state index is 14.4. The Morgan fingerprint density at radius 3 is 2.57 bits per heavy atom. The molecular formula is C22H23FN2O2S. The molecule has 4 rings (SSSR count). The lowest BCUT2D eigenvalue weighted by molar-refractivity contribution is -0.119. The van der Waals surface area contributed by atoms with Crippen LogP contribution in [0, 0.1) is 18.7 Å². The Morgan fingerprint density at radius 2 is 1.86 bits per heavy atom. The van der Waals surface area contributed by atoms with E-state index in [1.807, 2.05) is 31.2 Å². The van der Waals surface area contributed by atoms with Gasteiger partial charge in [0.15, 0.2) is 0 Å². The number of thioether (sulfide) groups is 1. The van der Waals surface area contributed by atoms with Crippen molar-refractivity contribution in [3.8, 4) is 0 Å². The number of halogens is 1. The van der Waals surface area contributed by atoms with Crippen molar-refractivity contribution in [2.24, 2.45) is 5.92 Å². The molecule has 4 nitrogen and oxygen atoms in total. The number of aryl methyl sites for hydroxylation is 1. The van der Waals surface area contributed by atoms with Crippen molar-refractivity contribution in [2.75, 3.05) is 16.0 Å². The van der Waals surface area contributed by atoms with Crippen LogP contribution in [0.1, 0.15) is 42.2 Å². The smallest absolute Gasteiger partial charge is 0.238 e. The number of nitrogens with one attached hydrogen (secondary N) is 1. The minimum Gasteiger partial charge on any atom is -0.326 e. The summed E-state index contributed by atoms with van der Waals surface area (Å²) in [5.41, 5.74) is 2.89. The van der Waals surface area contributed by atoms with Gasteiger partial charge in [0.25, 0.3) is 0 Å². The van der Waals surface area contributed by atoms with E-state index in [9.17, 15) is 14.0 Å². The maximum Gasteiger partial charge on any atom is 0.238 e. The zero-order valence-corrected chi connectivity index (χ0v) is 16.6. The Balaban J connectivity index is 1.53. The first-order valence-corrected chi connectivity index (χ1v) is 10.7. The molecule has 1 saturated heterocycles. The molecule has 0 bridgehead atoms. The van der Waals surface area contributed by atoms with Gasteiger partial charge in [-0.3, -0.25) is 14.5 Å². The second-order valence-corrected chi connectivity index (χ2v) is 8.54. The number of carbonyl (C=O) groups is 2. The molecule has 1 aliphatic carbocycles. The second-order valence-electron chi connectivity index (χ2n) is 7.47. The van der Waals surface area contributed by atoms with E-state index in [1.165, 1.54) is 17.8 Å². The van der Waals surface area contributed by atoms with Crippen LogP contribution in [0.25, 0.3) is 0 Å². The van der Waals surface area contributed by atoms with E-state index in [2.05, 4.69) is 5.32 Å². The molecule has 1 heterocycles. The normalized spacial score (nSPS) is 20.0. The number of rotatable bonds is 4. The fraction of sp³-hybridized carbons (Fsp3) is 0.364. The van der Waals surface area contributed by atoms with Gasteiger partial charge in [0, 0.05) is 11.6 Å². The molecule has 2 aromatic rings. The maximum absolute atomic E-state index is 14.4. The molecule has 2 amide bonds. The third-order valence-corrected chi connectivity index (χ3v) is 6.63. The van der Waals surface area contributed by atoms with Crippen molar-refractivity contribution in [1.29, 1.82) is 0 Å². The Hall–Kier alpha value is -2.34. The summed E-state index contributed by atoms with van der Waals surface area (Å²) < 4.78 is 14.4. The number of hydrogen-bond acceptors (Lipinski definition) is 3. The van der Waals surface area contributed by atoms with Crippen LogP contribution in [0.3, 0.4) is 0 Å². The Labute approximate surface area is 168 Å². The Kier molecular flexibility index (Phi) is 5.40. The molecule has 1 atom stereocenters. The summed E-state index contributed by atoms with van der Waals surface area (Å²) in [5.74, 6) is 0.0182. The highest BCUT2D eigenvalue weighted by molar-refractivity contribution is 8.00. The first-order chi connectivity index (χ1) is 13.5. The van der Waals surface area contributed by atoms with E-state index in [4.69, 9.17) is 0 Å². The highest BCUT2D eigenvalue weighted by Crippen LogP contribution is 2.43. The highest BCUT2D eigenvalue weighted by atomic mass is 32.2. The van der Waals surface area contributed by atoms with Gasteiger partial charge < -0.3 is 5.32 Å². The molecular weight excluding hydrogens is 375 g/mol. The van der Waals surface area contributed by atoms with Crippen LogP contribution in [0.2, 0.25) is 0 Å². The number of nitrogens with zero attached hydrogens (tertiary/aromatic N) is 1. The van der Waals surface area contributed by atoms with Crippen molar-refractivity contribution in [3.63, 3.8) is 0 Å². The summed E-state index contributed by atoms with van der Waals surface area (Å²) >= 11 is 1.48. The minimum absolute atomic E-state index is 0.0825. The number of hydrogen-bond donors (Lipinski definition) is 1. The van der Waals surface area contributed by atoms with Gasteiger partial charge in [0.05, 0.1) is 11.4 Å². The summed E-state index contributed by atoms with van der Waals surface area (Å²) in [5, 5.41) is 2.71. The topological polar surface area (TPSA) is 49.4 Å². The SMILES string of the molecule is Cc1ccc(F)c(N2C(=O)CS[C@H]2c2ccc(NC(=O)C3CCCC3)cc2)c1. The zero-order valence-electron chi connectivity index (χ0n) is 15.8. The average molecular weight is 399 g/mol. The van der Waals surface area contributed by atoms with Crippen LogP contribution in [0.4, 0.5) is 15.8 Å². The molecule has 2 fully saturated rings. The molecule has 6 heteroatoms. The van der Waals surface area contributed by atoms with Crippen molar-refractivity contribution in [2.45, 2.75) is 38.0 Å². The summed E-state index contributed by atoms with van der Waals surface area (Å²) in [6, 6.07) is 12.3. The first kappa shape index (κ1) is 19.0. The highest BCUT2D eigenvalue weighted by Gasteiger charge is 2.35. The van der Waals surface area contributed by atoms with Crippen molar-refractivity contribution in [3.05, 3.63) is 59.4 Å². The fourth-order valence-corrected chi connectivity index (χ4v) is 5.07. The van der Waals surface area contributed by atoms with Gasteiger partial charge in [-0.2, -0.15) is 0 Å². The van der Waals surface area contributed by atoms with E-state index in [0.29, 0.717) is 11.4 Å². The lowest BCUT2D eigenvalue weighted by Gasteiger charge is -2.25. The molecule has 146 valence electrons. The summed E-state index contributed by atoms with van der Waals surface area (Å²) in [6.45, 7) is 1.88. The zero-order chi connectivity index (χ0) is 19.7. The second kappa shape index (κ2) is 7.95. The number of anilines is 2. The molecule has 1 saturated carbocycles. The van der Waals surface area contributed by atoms with E-state index in [-0.39, 0.29) is 23.1 Å². The average Bonchev–Trinajstić information content (AvgIpc) is 3.35. The largest absolute Gasteiger partial charge is 0.326 e. The predicted molar refractivity (Wildman–Crippen MR) is 111 cm³/mol. The van der Waals surface area contributed by atoms with Gasteiger partial charge in [-0.15, -0.1) is 11.8 Å². The molecule has 1 aliphatic heterocycles. The molecule has 2 aliphatic rings. The van der Waals surface area contributed by atoms with Crippen LogP contribution < -0.4 is 10.2 Å². The van der Waals surface area contributed by atoms with Gasteiger partial charge in [-0.1, -0.05) is 31.0 Å². The molecule has 2 aromatic carbocycles. The van der Waals surface area contributed by atoms with Crippen molar-refractivity contribution < 1.29 is 14.0 Å². The van der Waals surface area contributed by atoms with Crippen LogP contribution in [0.5, 0.6) is 0 Å². The molecule has 1 N–H and O–H groups in total. The van der Waals surface area contributed by atoms with Crippen molar-refractivity contribution in [1.82, 2.24) is 0 Å². The van der Waals surface area contributed by atoms with E-state index < -0.39 is 5.82 Å². The van der Waals surface area contributed by atoms with Gasteiger partial charge in [0.1, 0.15) is 11.2 Å². The number of amides is 2. The summed E-state index contributed by atoms with van der Waals surface area (Å²) in [7, 11) is 0. The van der Waals surface area contributed by atoms with Crippen LogP contribution in [-0.2, 0) is 9.59 Å². The number of carbonyl (C=O) groups excluding carboxylic acids is 2. The summed E-state index contributed by atoms with van der Waals surface area (Å²) in [4.78, 5) is 26.3. The van der Waals surface area contributed by atoms with Gasteiger partial charge in [-0.25, -0.2) is 4.39 Å². The molecule has 0 radical (unpaired) electrons.